The van der Waals surface area contributed by atoms with Gasteiger partial charge in [-0.25, -0.2) is 4.99 Å². The number of hydrogen-bond donors (Lipinski definition) is 2. The van der Waals surface area contributed by atoms with Crippen LogP contribution in [0.5, 0.6) is 11.5 Å². The van der Waals surface area contributed by atoms with Gasteiger partial charge in [0.2, 0.25) is 18.0 Å². The maximum absolute atomic E-state index is 14.7. The Morgan fingerprint density at radius 1 is 1.02 bits per heavy atom. The summed E-state index contributed by atoms with van der Waals surface area (Å²) in [6.45, 7) is 10.1. The van der Waals surface area contributed by atoms with Gasteiger partial charge in [-0.1, -0.05) is 93.6 Å². The molecular formula is C40H44N4O4. The molecule has 0 bridgehead atoms. The number of para-hydroxylation sites is 1. The average Bonchev–Trinajstić information content (AvgIpc) is 3.18. The summed E-state index contributed by atoms with van der Waals surface area (Å²) in [5.41, 5.74) is 9.82. The van der Waals surface area contributed by atoms with Gasteiger partial charge in [-0.3, -0.25) is 14.4 Å². The van der Waals surface area contributed by atoms with Crippen LogP contribution in [0, 0.1) is 23.7 Å². The molecule has 3 amide bonds. The smallest absolute Gasteiger partial charge is 0.272 e. The summed E-state index contributed by atoms with van der Waals surface area (Å²) in [5, 5.41) is 2.96. The highest BCUT2D eigenvalue weighted by molar-refractivity contribution is 6.15. The number of aliphatic imine (C=N–C) groups is 1. The molecule has 0 aromatic heterocycles. The molecule has 8 heteroatoms. The minimum Gasteiger partial charge on any atom is -0.457 e. The molecule has 3 N–H and O–H groups in total. The second kappa shape index (κ2) is 15.6. The van der Waals surface area contributed by atoms with Gasteiger partial charge in [0, 0.05) is 16.8 Å². The molecule has 1 heterocycles. The maximum Gasteiger partial charge on any atom is 0.272 e. The Hall–Kier alpha value is -5.24. The molecule has 0 radical (unpaired) electrons. The summed E-state index contributed by atoms with van der Waals surface area (Å²) >= 11 is 0. The van der Waals surface area contributed by atoms with Crippen molar-refractivity contribution in [1.82, 2.24) is 10.2 Å². The summed E-state index contributed by atoms with van der Waals surface area (Å²) in [6.07, 6.45) is 5.86. The lowest BCUT2D eigenvalue weighted by molar-refractivity contribution is -0.138. The van der Waals surface area contributed by atoms with Gasteiger partial charge < -0.3 is 20.7 Å². The fourth-order valence-corrected chi connectivity index (χ4v) is 6.41. The van der Waals surface area contributed by atoms with E-state index in [1.54, 1.807) is 11.0 Å². The van der Waals surface area contributed by atoms with Crippen molar-refractivity contribution in [2.45, 2.75) is 52.7 Å². The topological polar surface area (TPSA) is 114 Å². The second-order valence-electron chi connectivity index (χ2n) is 12.8. The number of benzene rings is 3. The molecule has 4 unspecified atom stereocenters. The number of amides is 3. The van der Waals surface area contributed by atoms with Crippen molar-refractivity contribution in [2.24, 2.45) is 34.4 Å². The number of carbonyl (C=O) groups excluding carboxylic acids is 3. The minimum atomic E-state index is -1.24. The summed E-state index contributed by atoms with van der Waals surface area (Å²) in [4.78, 5) is 48.0. The van der Waals surface area contributed by atoms with Crippen LogP contribution < -0.4 is 15.8 Å². The van der Waals surface area contributed by atoms with Crippen molar-refractivity contribution in [3.8, 4) is 11.5 Å². The monoisotopic (exact) mass is 644 g/mol. The zero-order valence-corrected chi connectivity index (χ0v) is 27.8. The zero-order valence-electron chi connectivity index (χ0n) is 27.8. The van der Waals surface area contributed by atoms with Crippen molar-refractivity contribution < 1.29 is 19.1 Å². The van der Waals surface area contributed by atoms with Gasteiger partial charge in [-0.2, -0.15) is 0 Å². The minimum absolute atomic E-state index is 0.0574. The number of nitrogens with zero attached hydrogens (tertiary/aromatic N) is 2. The average molecular weight is 645 g/mol. The molecule has 5 rings (SSSR count). The molecule has 1 aliphatic carbocycles. The largest absolute Gasteiger partial charge is 0.457 e. The van der Waals surface area contributed by atoms with E-state index in [9.17, 15) is 14.4 Å². The summed E-state index contributed by atoms with van der Waals surface area (Å²) in [6, 6.07) is 26.9. The molecule has 4 atom stereocenters. The highest BCUT2D eigenvalue weighted by atomic mass is 16.5. The first-order valence-corrected chi connectivity index (χ1v) is 16.5. The summed E-state index contributed by atoms with van der Waals surface area (Å²) in [7, 11) is 0. The van der Waals surface area contributed by atoms with E-state index in [-0.39, 0.29) is 30.7 Å². The lowest BCUT2D eigenvalue weighted by Gasteiger charge is -2.30. The Morgan fingerprint density at radius 3 is 2.38 bits per heavy atom. The number of nitrogens with two attached hydrogens (primary N) is 1. The Balaban J connectivity index is 1.57. The van der Waals surface area contributed by atoms with Crippen LogP contribution in [0.1, 0.15) is 51.2 Å². The van der Waals surface area contributed by atoms with Gasteiger partial charge in [-0.15, -0.1) is 6.58 Å². The van der Waals surface area contributed by atoms with Gasteiger partial charge in [-0.05, 0) is 67.0 Å². The number of rotatable bonds is 13. The van der Waals surface area contributed by atoms with Gasteiger partial charge in [0.25, 0.3) is 5.91 Å². The third-order valence-corrected chi connectivity index (χ3v) is 8.72. The second-order valence-corrected chi connectivity index (χ2v) is 12.8. The zero-order chi connectivity index (χ0) is 34.2. The molecule has 2 aliphatic rings. The molecule has 48 heavy (non-hydrogen) atoms. The molecule has 0 spiro atoms. The van der Waals surface area contributed by atoms with Crippen LogP contribution in [0.15, 0.2) is 126 Å². The number of ether oxygens (including phenoxy) is 1. The fourth-order valence-electron chi connectivity index (χ4n) is 6.41. The number of primary amides is 1. The van der Waals surface area contributed by atoms with E-state index >= 15 is 0 Å². The number of hydrogen-bond acceptors (Lipinski definition) is 5. The van der Waals surface area contributed by atoms with Crippen LogP contribution in [-0.2, 0) is 20.9 Å². The Labute approximate surface area is 283 Å². The van der Waals surface area contributed by atoms with Crippen molar-refractivity contribution in [2.75, 3.05) is 0 Å². The summed E-state index contributed by atoms with van der Waals surface area (Å²) in [5.74, 6) is -1.40. The van der Waals surface area contributed by atoms with Crippen LogP contribution in [-0.4, -0.2) is 34.5 Å². The van der Waals surface area contributed by atoms with E-state index in [0.717, 1.165) is 28.8 Å². The normalized spacial score (nSPS) is 18.8. The van der Waals surface area contributed by atoms with Crippen molar-refractivity contribution in [1.29, 1.82) is 0 Å². The number of nitrogens with one attached hydrogen (secondary N) is 1. The molecule has 3 aromatic carbocycles. The van der Waals surface area contributed by atoms with E-state index in [4.69, 9.17) is 15.5 Å². The third-order valence-electron chi connectivity index (χ3n) is 8.72. The predicted octanol–water partition coefficient (Wildman–Crippen LogP) is 6.94. The van der Waals surface area contributed by atoms with E-state index in [0.29, 0.717) is 23.6 Å². The quantitative estimate of drug-likeness (QED) is 0.196. The van der Waals surface area contributed by atoms with Crippen LogP contribution in [0.25, 0.3) is 0 Å². The van der Waals surface area contributed by atoms with E-state index in [1.807, 2.05) is 105 Å². The lowest BCUT2D eigenvalue weighted by atomic mass is 9.82. The maximum atomic E-state index is 14.7. The van der Waals surface area contributed by atoms with Crippen molar-refractivity contribution in [3.05, 3.63) is 132 Å². The lowest BCUT2D eigenvalue weighted by Crippen LogP contribution is -2.50. The van der Waals surface area contributed by atoms with Crippen molar-refractivity contribution >= 4 is 23.4 Å². The molecule has 3 aromatic rings. The molecule has 0 fully saturated rings. The molecule has 0 saturated carbocycles. The van der Waals surface area contributed by atoms with E-state index in [2.05, 4.69) is 24.9 Å². The van der Waals surface area contributed by atoms with Crippen LogP contribution in [0.2, 0.25) is 0 Å². The first kappa shape index (κ1) is 34.1. The van der Waals surface area contributed by atoms with Crippen LogP contribution in [0.3, 0.4) is 0 Å². The highest BCUT2D eigenvalue weighted by Gasteiger charge is 2.39. The molecule has 0 saturated heterocycles. The molecule has 8 nitrogen and oxygen atoms in total. The number of allylic oxidation sites excluding steroid dienone is 4. The van der Waals surface area contributed by atoms with E-state index < -0.39 is 29.8 Å². The SMILES string of the molecule is C=CCC(C(N)=O)C(CC(C)C)C(=O)NC1N=C(c2ccccc2)C2=C(C=CCC2C)N(Cc2cccc(Oc3ccccc3)c2)C1=O. The van der Waals surface area contributed by atoms with Gasteiger partial charge >= 0.3 is 0 Å². The summed E-state index contributed by atoms with van der Waals surface area (Å²) < 4.78 is 6.10. The van der Waals surface area contributed by atoms with Crippen molar-refractivity contribution in [3.63, 3.8) is 0 Å². The molecule has 248 valence electrons. The Kier molecular flexibility index (Phi) is 11.1. The van der Waals surface area contributed by atoms with Gasteiger partial charge in [0.05, 0.1) is 24.1 Å². The highest BCUT2D eigenvalue weighted by Crippen LogP contribution is 2.35. The first-order valence-electron chi connectivity index (χ1n) is 16.5. The van der Waals surface area contributed by atoms with Gasteiger partial charge in [0.1, 0.15) is 11.5 Å². The Morgan fingerprint density at radius 2 is 1.71 bits per heavy atom. The van der Waals surface area contributed by atoms with Gasteiger partial charge in [0.15, 0.2) is 0 Å². The number of carbonyl (C=O) groups is 3. The van der Waals surface area contributed by atoms with Crippen LogP contribution >= 0.6 is 0 Å². The van der Waals surface area contributed by atoms with E-state index in [1.165, 1.54) is 0 Å². The standard InChI is InChI=1S/C40H44N4O4/c1-5-14-32(37(41)45)33(23-26(2)3)39(46)43-38-40(47)44(25-28-16-13-21-31(24-28)48-30-19-10-7-11-20-30)34-22-12-15-27(4)35(34)36(42-38)29-17-8-6-9-18-29/h5-13,16-22,24,26-27,32-33,38H,1,14-15,23,25H2,2-4H3,(H2,41,45)(H,43,46). The Bertz CT molecular complexity index is 1730. The third kappa shape index (κ3) is 8.00. The van der Waals surface area contributed by atoms with Crippen LogP contribution in [0.4, 0.5) is 0 Å². The predicted molar refractivity (Wildman–Crippen MR) is 189 cm³/mol. The fraction of sp³-hybridized carbons (Fsp3) is 0.300. The molecular weight excluding hydrogens is 600 g/mol. The molecule has 1 aliphatic heterocycles. The first-order chi connectivity index (χ1) is 23.2.